The summed E-state index contributed by atoms with van der Waals surface area (Å²) in [6.45, 7) is 3.60. The van der Waals surface area contributed by atoms with Crippen LogP contribution in [0, 0.1) is 18.7 Å². The second kappa shape index (κ2) is 8.37. The third-order valence-corrected chi connectivity index (χ3v) is 7.54. The number of anilines is 1. The average Bonchev–Trinajstić information content (AvgIpc) is 3.32. The number of thiazole rings is 1. The summed E-state index contributed by atoms with van der Waals surface area (Å²) in [4.78, 5) is 45.7. The number of nitrogens with zero attached hydrogens (tertiary/aromatic N) is 2. The predicted octanol–water partition coefficient (Wildman–Crippen LogP) is 4.27. The van der Waals surface area contributed by atoms with Crippen molar-refractivity contribution >= 4 is 34.1 Å². The number of aromatic nitrogens is 1. The van der Waals surface area contributed by atoms with Gasteiger partial charge in [-0.1, -0.05) is 29.9 Å². The molecular weight excluding hydrogens is 447 g/mol. The number of aryl methyl sites for hydroxylation is 1. The van der Waals surface area contributed by atoms with Crippen molar-refractivity contribution in [3.63, 3.8) is 0 Å². The van der Waals surface area contributed by atoms with Crippen LogP contribution in [0.15, 0.2) is 35.6 Å². The predicted molar refractivity (Wildman–Crippen MR) is 118 cm³/mol. The van der Waals surface area contributed by atoms with Crippen molar-refractivity contribution in [2.24, 2.45) is 5.92 Å². The molecule has 172 valence electrons. The van der Waals surface area contributed by atoms with Gasteiger partial charge >= 0.3 is 5.97 Å². The highest BCUT2D eigenvalue weighted by atomic mass is 32.1. The molecule has 0 N–H and O–H groups in total. The van der Waals surface area contributed by atoms with Crippen LogP contribution in [0.3, 0.4) is 0 Å². The quantitative estimate of drug-likeness (QED) is 0.621. The Kier molecular flexibility index (Phi) is 5.52. The van der Waals surface area contributed by atoms with Gasteiger partial charge in [0.1, 0.15) is 16.8 Å². The van der Waals surface area contributed by atoms with E-state index in [4.69, 9.17) is 9.47 Å². The average molecular weight is 471 g/mol. The van der Waals surface area contributed by atoms with Crippen LogP contribution in [-0.4, -0.2) is 35.4 Å². The van der Waals surface area contributed by atoms with Crippen LogP contribution in [0.1, 0.15) is 59.6 Å². The van der Waals surface area contributed by atoms with Gasteiger partial charge < -0.3 is 9.47 Å². The van der Waals surface area contributed by atoms with E-state index in [1.807, 2.05) is 0 Å². The molecule has 3 aliphatic rings. The van der Waals surface area contributed by atoms with Crippen LogP contribution in [0.5, 0.6) is 0 Å². The van der Waals surface area contributed by atoms with E-state index in [0.717, 1.165) is 30.6 Å². The number of benzene rings is 1. The Hall–Kier alpha value is -3.07. The van der Waals surface area contributed by atoms with Crippen molar-refractivity contribution in [2.45, 2.75) is 51.7 Å². The number of amides is 1. The van der Waals surface area contributed by atoms with Gasteiger partial charge in [-0.25, -0.2) is 14.2 Å². The van der Waals surface area contributed by atoms with Crippen LogP contribution in [0.25, 0.3) is 0 Å². The normalized spacial score (nSPS) is 24.5. The molecule has 2 aliphatic heterocycles. The third kappa shape index (κ3) is 3.55. The summed E-state index contributed by atoms with van der Waals surface area (Å²) in [6.07, 6.45) is 3.02. The smallest absolute Gasteiger partial charge is 0.350 e. The molecule has 0 saturated heterocycles. The molecule has 9 heteroatoms. The first-order chi connectivity index (χ1) is 15.9. The molecule has 0 bridgehead atoms. The van der Waals surface area contributed by atoms with E-state index < -0.39 is 23.7 Å². The van der Waals surface area contributed by atoms with Crippen LogP contribution in [-0.2, 0) is 19.1 Å². The SMILES string of the molecule is CCOC(=O)c1sc(N2C(=O)C3=C(C(=O)C4CCCCC4O3)C2c2ccc(F)cc2)nc1C. The van der Waals surface area contributed by atoms with E-state index in [1.165, 1.54) is 17.0 Å². The molecule has 7 nitrogen and oxygen atoms in total. The lowest BCUT2D eigenvalue weighted by Gasteiger charge is -2.35. The Morgan fingerprint density at radius 1 is 1.24 bits per heavy atom. The van der Waals surface area contributed by atoms with E-state index >= 15 is 0 Å². The van der Waals surface area contributed by atoms with Gasteiger partial charge in [-0.05, 0) is 50.8 Å². The molecule has 1 saturated carbocycles. The molecule has 0 radical (unpaired) electrons. The standard InChI is InChI=1S/C24H23FN2O5S/c1-3-31-23(30)21-12(2)26-24(33-21)27-18(13-8-10-14(25)11-9-13)17-19(28)15-6-4-5-7-16(15)32-20(17)22(27)29/h8-11,15-16,18H,3-7H2,1-2H3. The molecule has 33 heavy (non-hydrogen) atoms. The fourth-order valence-electron chi connectivity index (χ4n) is 4.87. The second-order valence-corrected chi connectivity index (χ2v) is 9.39. The fraction of sp³-hybridized carbons (Fsp3) is 0.417. The van der Waals surface area contributed by atoms with Crippen molar-refractivity contribution in [1.82, 2.24) is 4.98 Å². The molecule has 1 amide bonds. The van der Waals surface area contributed by atoms with Crippen LogP contribution in [0.4, 0.5) is 9.52 Å². The number of ketones is 1. The Labute approximate surface area is 194 Å². The Bertz CT molecular complexity index is 1170. The number of rotatable bonds is 4. The van der Waals surface area contributed by atoms with Gasteiger partial charge in [-0.3, -0.25) is 14.5 Å². The molecule has 3 heterocycles. The van der Waals surface area contributed by atoms with Crippen LogP contribution >= 0.6 is 11.3 Å². The minimum Gasteiger partial charge on any atom is -0.483 e. The topological polar surface area (TPSA) is 85.8 Å². The van der Waals surface area contributed by atoms with Gasteiger partial charge in [-0.2, -0.15) is 0 Å². The highest BCUT2D eigenvalue weighted by molar-refractivity contribution is 7.17. The zero-order valence-corrected chi connectivity index (χ0v) is 19.1. The first kappa shape index (κ1) is 21.8. The van der Waals surface area contributed by atoms with Gasteiger partial charge in [0.05, 0.1) is 29.8 Å². The molecule has 1 aromatic carbocycles. The minimum atomic E-state index is -0.802. The largest absolute Gasteiger partial charge is 0.483 e. The summed E-state index contributed by atoms with van der Waals surface area (Å²) in [5.74, 6) is -1.74. The van der Waals surface area contributed by atoms with Gasteiger partial charge in [0.15, 0.2) is 16.7 Å². The number of carbonyl (C=O) groups excluding carboxylic acids is 3. The highest BCUT2D eigenvalue weighted by Crippen LogP contribution is 2.49. The van der Waals surface area contributed by atoms with Gasteiger partial charge in [-0.15, -0.1) is 0 Å². The van der Waals surface area contributed by atoms with Gasteiger partial charge in [0.2, 0.25) is 0 Å². The number of carbonyl (C=O) groups is 3. The summed E-state index contributed by atoms with van der Waals surface area (Å²) in [6, 6.07) is 4.91. The first-order valence-electron chi connectivity index (χ1n) is 11.1. The van der Waals surface area contributed by atoms with Crippen molar-refractivity contribution in [1.29, 1.82) is 0 Å². The van der Waals surface area contributed by atoms with Crippen molar-refractivity contribution in [3.8, 4) is 0 Å². The number of ether oxygens (including phenoxy) is 2. The minimum absolute atomic E-state index is 0.0445. The maximum absolute atomic E-state index is 13.7. The zero-order valence-electron chi connectivity index (χ0n) is 18.3. The van der Waals surface area contributed by atoms with E-state index in [1.54, 1.807) is 26.0 Å². The molecule has 5 rings (SSSR count). The number of hydrogen-bond acceptors (Lipinski definition) is 7. The molecule has 3 atom stereocenters. The van der Waals surface area contributed by atoms with E-state index in [0.29, 0.717) is 28.1 Å². The molecule has 0 spiro atoms. The highest BCUT2D eigenvalue weighted by Gasteiger charge is 2.53. The zero-order chi connectivity index (χ0) is 23.3. The van der Waals surface area contributed by atoms with E-state index in [9.17, 15) is 18.8 Å². The molecule has 1 aliphatic carbocycles. The summed E-state index contributed by atoms with van der Waals surface area (Å²) in [5, 5.41) is 0.267. The van der Waals surface area contributed by atoms with Gasteiger partial charge in [0, 0.05) is 0 Å². The molecule has 3 unspecified atom stereocenters. The Morgan fingerprint density at radius 3 is 2.70 bits per heavy atom. The second-order valence-electron chi connectivity index (χ2n) is 8.41. The number of Topliss-reactive ketones (excluding diaryl/α,β-unsaturated/α-hetero) is 1. The monoisotopic (exact) mass is 470 g/mol. The molecule has 1 fully saturated rings. The Balaban J connectivity index is 1.62. The Morgan fingerprint density at radius 2 is 1.97 bits per heavy atom. The molecule has 2 aromatic rings. The van der Waals surface area contributed by atoms with Crippen LogP contribution in [0.2, 0.25) is 0 Å². The maximum atomic E-state index is 13.7. The lowest BCUT2D eigenvalue weighted by molar-refractivity contribution is -0.131. The third-order valence-electron chi connectivity index (χ3n) is 6.40. The summed E-state index contributed by atoms with van der Waals surface area (Å²) in [5.41, 5.74) is 1.30. The number of hydrogen-bond donors (Lipinski definition) is 0. The van der Waals surface area contributed by atoms with E-state index in [-0.39, 0.29) is 35.3 Å². The summed E-state index contributed by atoms with van der Waals surface area (Å²) < 4.78 is 24.9. The van der Waals surface area contributed by atoms with Crippen molar-refractivity contribution in [3.05, 3.63) is 57.5 Å². The van der Waals surface area contributed by atoms with Gasteiger partial charge in [0.25, 0.3) is 5.91 Å². The first-order valence-corrected chi connectivity index (χ1v) is 11.9. The van der Waals surface area contributed by atoms with Crippen molar-refractivity contribution in [2.75, 3.05) is 11.5 Å². The lowest BCUT2D eigenvalue weighted by Crippen LogP contribution is -2.39. The molecular formula is C24H23FN2O5S. The number of halogens is 1. The summed E-state index contributed by atoms with van der Waals surface area (Å²) in [7, 11) is 0. The number of esters is 1. The molecule has 1 aromatic heterocycles. The maximum Gasteiger partial charge on any atom is 0.350 e. The van der Waals surface area contributed by atoms with Crippen LogP contribution < -0.4 is 4.90 Å². The lowest BCUT2D eigenvalue weighted by atomic mass is 9.77. The van der Waals surface area contributed by atoms with Crippen molar-refractivity contribution < 1.29 is 28.2 Å². The van der Waals surface area contributed by atoms with E-state index in [2.05, 4.69) is 4.98 Å². The summed E-state index contributed by atoms with van der Waals surface area (Å²) >= 11 is 1.03. The fourth-order valence-corrected chi connectivity index (χ4v) is 5.86. The number of fused-ring (bicyclic) bond motifs is 1.